The maximum Gasteiger partial charge on any atom is 0.410 e. The topological polar surface area (TPSA) is 47.4 Å². The Labute approximate surface area is 124 Å². The number of piperidine rings is 1. The van der Waals surface area contributed by atoms with Gasteiger partial charge in [0.25, 0.3) is 0 Å². The molecule has 0 unspecified atom stereocenters. The molecule has 1 aromatic heterocycles. The van der Waals surface area contributed by atoms with Gasteiger partial charge >= 0.3 is 6.09 Å². The molecule has 1 aromatic rings. The molecule has 0 spiro atoms. The predicted octanol–water partition coefficient (Wildman–Crippen LogP) is 3.19. The monoisotopic (exact) mass is 299 g/mol. The second-order valence-corrected chi connectivity index (χ2v) is 6.64. The Hall–Kier alpha value is -1.23. The first-order valence-corrected chi connectivity index (χ1v) is 7.31. The normalized spacial score (nSPS) is 17.4. The van der Waals surface area contributed by atoms with Gasteiger partial charge in [-0.05, 0) is 39.7 Å². The summed E-state index contributed by atoms with van der Waals surface area (Å²) in [5.74, 6) is 0.368. The summed E-state index contributed by atoms with van der Waals surface area (Å²) in [5.41, 5.74) is 0.573. The molecule has 2 heterocycles. The average Bonchev–Trinajstić information content (AvgIpc) is 2.68. The number of ether oxygens (including phenoxy) is 1. The van der Waals surface area contributed by atoms with Crippen LogP contribution in [0.2, 0.25) is 5.15 Å². The number of hydrogen-bond donors (Lipinski definition) is 0. The minimum absolute atomic E-state index is 0.227. The Morgan fingerprint density at radius 3 is 2.45 bits per heavy atom. The number of amides is 1. The van der Waals surface area contributed by atoms with Gasteiger partial charge in [-0.3, -0.25) is 4.68 Å². The maximum atomic E-state index is 12.0. The fourth-order valence-electron chi connectivity index (χ4n) is 2.35. The molecule has 112 valence electrons. The zero-order chi connectivity index (χ0) is 14.9. The molecule has 0 aliphatic carbocycles. The minimum Gasteiger partial charge on any atom is -0.444 e. The molecule has 0 N–H and O–H groups in total. The Balaban J connectivity index is 1.91. The zero-order valence-corrected chi connectivity index (χ0v) is 13.3. The lowest BCUT2D eigenvalue weighted by Gasteiger charge is -2.32. The standard InChI is InChI=1S/C14H22ClN3O2/c1-14(2,3)20-13(19)18-7-5-10(6-8-18)11-9-12(15)17(4)16-11/h9-10H,5-8H2,1-4H3. The van der Waals surface area contributed by atoms with E-state index in [4.69, 9.17) is 16.3 Å². The van der Waals surface area contributed by atoms with E-state index in [-0.39, 0.29) is 6.09 Å². The van der Waals surface area contributed by atoms with Crippen LogP contribution in [0.3, 0.4) is 0 Å². The Kier molecular flexibility index (Phi) is 4.28. The van der Waals surface area contributed by atoms with Crippen LogP contribution in [-0.2, 0) is 11.8 Å². The highest BCUT2D eigenvalue weighted by Gasteiger charge is 2.28. The van der Waals surface area contributed by atoms with E-state index in [1.165, 1.54) is 0 Å². The van der Waals surface area contributed by atoms with Gasteiger partial charge in [-0.2, -0.15) is 5.10 Å². The highest BCUT2D eigenvalue weighted by atomic mass is 35.5. The quantitative estimate of drug-likeness (QED) is 0.800. The molecule has 5 nitrogen and oxygen atoms in total. The van der Waals surface area contributed by atoms with E-state index in [1.807, 2.05) is 33.9 Å². The van der Waals surface area contributed by atoms with Gasteiger partial charge in [-0.15, -0.1) is 0 Å². The lowest BCUT2D eigenvalue weighted by atomic mass is 9.94. The fraction of sp³-hybridized carbons (Fsp3) is 0.714. The number of hydrogen-bond acceptors (Lipinski definition) is 3. The summed E-state index contributed by atoms with van der Waals surface area (Å²) in [6.07, 6.45) is 1.56. The summed E-state index contributed by atoms with van der Waals surface area (Å²) in [5, 5.41) is 5.06. The Morgan fingerprint density at radius 1 is 1.40 bits per heavy atom. The summed E-state index contributed by atoms with van der Waals surface area (Å²) in [4.78, 5) is 13.7. The molecular formula is C14H22ClN3O2. The van der Waals surface area contributed by atoms with Crippen LogP contribution >= 0.6 is 11.6 Å². The molecule has 2 rings (SSSR count). The van der Waals surface area contributed by atoms with Gasteiger partial charge in [0.1, 0.15) is 10.8 Å². The van der Waals surface area contributed by atoms with Crippen molar-refractivity contribution in [2.75, 3.05) is 13.1 Å². The van der Waals surface area contributed by atoms with Crippen molar-refractivity contribution in [2.45, 2.75) is 45.1 Å². The van der Waals surface area contributed by atoms with E-state index in [0.29, 0.717) is 24.2 Å². The summed E-state index contributed by atoms with van der Waals surface area (Å²) in [6, 6.07) is 1.91. The summed E-state index contributed by atoms with van der Waals surface area (Å²) in [6.45, 7) is 7.05. The molecule has 0 aromatic carbocycles. The highest BCUT2D eigenvalue weighted by molar-refractivity contribution is 6.29. The van der Waals surface area contributed by atoms with E-state index in [0.717, 1.165) is 18.5 Å². The van der Waals surface area contributed by atoms with Crippen LogP contribution in [0.1, 0.15) is 45.2 Å². The number of nitrogens with zero attached hydrogens (tertiary/aromatic N) is 3. The van der Waals surface area contributed by atoms with E-state index < -0.39 is 5.60 Å². The van der Waals surface area contributed by atoms with Crippen molar-refractivity contribution in [3.05, 3.63) is 16.9 Å². The van der Waals surface area contributed by atoms with Gasteiger partial charge in [0, 0.05) is 26.1 Å². The van der Waals surface area contributed by atoms with E-state index in [2.05, 4.69) is 5.10 Å². The van der Waals surface area contributed by atoms with Crippen molar-refractivity contribution >= 4 is 17.7 Å². The molecule has 0 saturated carbocycles. The molecular weight excluding hydrogens is 278 g/mol. The molecule has 1 amide bonds. The van der Waals surface area contributed by atoms with Gasteiger partial charge in [0.15, 0.2) is 0 Å². The van der Waals surface area contributed by atoms with Gasteiger partial charge in [-0.1, -0.05) is 11.6 Å². The van der Waals surface area contributed by atoms with Crippen molar-refractivity contribution in [1.29, 1.82) is 0 Å². The van der Waals surface area contributed by atoms with Crippen molar-refractivity contribution in [3.8, 4) is 0 Å². The molecule has 1 aliphatic rings. The van der Waals surface area contributed by atoms with Crippen LogP contribution in [0, 0.1) is 0 Å². The molecule has 0 radical (unpaired) electrons. The van der Waals surface area contributed by atoms with Crippen LogP contribution in [0.15, 0.2) is 6.07 Å². The number of halogens is 1. The first kappa shape index (κ1) is 15.2. The molecule has 20 heavy (non-hydrogen) atoms. The summed E-state index contributed by atoms with van der Waals surface area (Å²) >= 11 is 6.02. The van der Waals surface area contributed by atoms with Gasteiger partial charge < -0.3 is 9.64 Å². The van der Waals surface area contributed by atoms with Crippen LogP contribution < -0.4 is 0 Å². The van der Waals surface area contributed by atoms with E-state index in [1.54, 1.807) is 9.58 Å². The van der Waals surface area contributed by atoms with Crippen LogP contribution in [0.5, 0.6) is 0 Å². The maximum absolute atomic E-state index is 12.0. The Morgan fingerprint density at radius 2 is 2.00 bits per heavy atom. The van der Waals surface area contributed by atoms with Crippen molar-refractivity contribution < 1.29 is 9.53 Å². The van der Waals surface area contributed by atoms with Gasteiger partial charge in [-0.25, -0.2) is 4.79 Å². The van der Waals surface area contributed by atoms with Crippen LogP contribution in [-0.4, -0.2) is 39.5 Å². The third-order valence-corrected chi connectivity index (χ3v) is 3.76. The molecule has 0 atom stereocenters. The Bertz CT molecular complexity index is 466. The lowest BCUT2D eigenvalue weighted by molar-refractivity contribution is 0.0204. The summed E-state index contributed by atoms with van der Waals surface area (Å²) < 4.78 is 7.07. The molecule has 1 fully saturated rings. The number of carbonyl (C=O) groups excluding carboxylic acids is 1. The van der Waals surface area contributed by atoms with Crippen molar-refractivity contribution in [1.82, 2.24) is 14.7 Å². The SMILES string of the molecule is Cn1nc(C2CCN(C(=O)OC(C)(C)C)CC2)cc1Cl. The number of aryl methyl sites for hydroxylation is 1. The van der Waals surface area contributed by atoms with Gasteiger partial charge in [0.2, 0.25) is 0 Å². The number of rotatable bonds is 1. The smallest absolute Gasteiger partial charge is 0.410 e. The third-order valence-electron chi connectivity index (χ3n) is 3.41. The summed E-state index contributed by atoms with van der Waals surface area (Å²) in [7, 11) is 1.83. The molecule has 1 saturated heterocycles. The first-order chi connectivity index (χ1) is 9.26. The van der Waals surface area contributed by atoms with Crippen molar-refractivity contribution in [2.24, 2.45) is 7.05 Å². The third kappa shape index (κ3) is 3.66. The number of aromatic nitrogens is 2. The number of carbonyl (C=O) groups is 1. The van der Waals surface area contributed by atoms with E-state index >= 15 is 0 Å². The van der Waals surface area contributed by atoms with Crippen LogP contribution in [0.4, 0.5) is 4.79 Å². The molecule has 0 bridgehead atoms. The van der Waals surface area contributed by atoms with E-state index in [9.17, 15) is 4.79 Å². The second kappa shape index (κ2) is 5.64. The minimum atomic E-state index is -0.442. The number of likely N-dealkylation sites (tertiary alicyclic amines) is 1. The largest absolute Gasteiger partial charge is 0.444 e. The van der Waals surface area contributed by atoms with Crippen LogP contribution in [0.25, 0.3) is 0 Å². The first-order valence-electron chi connectivity index (χ1n) is 6.93. The van der Waals surface area contributed by atoms with Crippen molar-refractivity contribution in [3.63, 3.8) is 0 Å². The predicted molar refractivity (Wildman–Crippen MR) is 78.0 cm³/mol. The lowest BCUT2D eigenvalue weighted by Crippen LogP contribution is -2.41. The molecule has 6 heteroatoms. The molecule has 1 aliphatic heterocycles. The fourth-order valence-corrected chi connectivity index (χ4v) is 2.50. The second-order valence-electron chi connectivity index (χ2n) is 6.26. The highest BCUT2D eigenvalue weighted by Crippen LogP contribution is 2.29. The zero-order valence-electron chi connectivity index (χ0n) is 12.5. The average molecular weight is 300 g/mol. The van der Waals surface area contributed by atoms with Gasteiger partial charge in [0.05, 0.1) is 5.69 Å².